The van der Waals surface area contributed by atoms with E-state index in [-0.39, 0.29) is 23.4 Å². The van der Waals surface area contributed by atoms with Crippen molar-refractivity contribution in [3.63, 3.8) is 0 Å². The van der Waals surface area contributed by atoms with Crippen molar-refractivity contribution in [1.29, 1.82) is 0 Å². The van der Waals surface area contributed by atoms with Crippen LogP contribution < -0.4 is 5.32 Å². The fourth-order valence-electron chi connectivity index (χ4n) is 2.92. The zero-order chi connectivity index (χ0) is 15.5. The average molecular weight is 300 g/mol. The van der Waals surface area contributed by atoms with Gasteiger partial charge in [0.2, 0.25) is 0 Å². The van der Waals surface area contributed by atoms with Gasteiger partial charge in [-0.25, -0.2) is 4.68 Å². The molecule has 2 heterocycles. The Labute approximate surface area is 129 Å². The van der Waals surface area contributed by atoms with Crippen LogP contribution in [0.25, 0.3) is 5.69 Å². The second-order valence-corrected chi connectivity index (χ2v) is 5.50. The highest BCUT2D eigenvalue weighted by Crippen LogP contribution is 2.24. The molecule has 6 heteroatoms. The van der Waals surface area contributed by atoms with Crippen molar-refractivity contribution >= 4 is 5.91 Å². The summed E-state index contributed by atoms with van der Waals surface area (Å²) in [5, 5.41) is 17.5. The van der Waals surface area contributed by atoms with Gasteiger partial charge in [-0.2, -0.15) is 5.10 Å². The fourth-order valence-corrected chi connectivity index (χ4v) is 2.92. The minimum absolute atomic E-state index is 0.0797. The Morgan fingerprint density at radius 3 is 2.91 bits per heavy atom. The zero-order valence-corrected chi connectivity index (χ0v) is 12.6. The lowest BCUT2D eigenvalue weighted by atomic mass is 10.2. The number of hydrogen-bond donors (Lipinski definition) is 2. The molecular weight excluding hydrogens is 280 g/mol. The van der Waals surface area contributed by atoms with Gasteiger partial charge in [0.25, 0.3) is 5.91 Å². The maximum atomic E-state index is 12.7. The normalized spacial score (nSPS) is 17.9. The van der Waals surface area contributed by atoms with Crippen molar-refractivity contribution in [2.75, 3.05) is 20.1 Å². The van der Waals surface area contributed by atoms with Crippen LogP contribution in [0.4, 0.5) is 0 Å². The molecule has 1 aliphatic rings. The molecule has 0 radical (unpaired) electrons. The number of likely N-dealkylation sites (N-methyl/N-ethyl adjacent to an activating group) is 1. The highest BCUT2D eigenvalue weighted by molar-refractivity contribution is 5.95. The molecule has 1 fully saturated rings. The third kappa shape index (κ3) is 2.69. The van der Waals surface area contributed by atoms with Gasteiger partial charge >= 0.3 is 0 Å². The van der Waals surface area contributed by atoms with Gasteiger partial charge in [-0.05, 0) is 32.0 Å². The molecule has 1 aliphatic heterocycles. The van der Waals surface area contributed by atoms with Crippen molar-refractivity contribution in [2.45, 2.75) is 18.9 Å². The van der Waals surface area contributed by atoms with E-state index in [9.17, 15) is 9.90 Å². The number of likely N-dealkylation sites (tertiary alicyclic amines) is 1. The molecule has 1 aromatic carbocycles. The molecule has 6 nitrogen and oxygen atoms in total. The van der Waals surface area contributed by atoms with Crippen molar-refractivity contribution in [1.82, 2.24) is 20.0 Å². The van der Waals surface area contributed by atoms with Crippen molar-refractivity contribution < 1.29 is 9.90 Å². The summed E-state index contributed by atoms with van der Waals surface area (Å²) in [6.45, 7) is 1.47. The second-order valence-electron chi connectivity index (χ2n) is 5.50. The van der Waals surface area contributed by atoms with Crippen LogP contribution in [0.1, 0.15) is 23.3 Å². The Morgan fingerprint density at radius 2 is 2.18 bits per heavy atom. The van der Waals surface area contributed by atoms with Crippen LogP contribution in [0.15, 0.2) is 36.5 Å². The van der Waals surface area contributed by atoms with E-state index in [0.717, 1.165) is 25.1 Å². The number of carbonyl (C=O) groups is 1. The third-order valence-corrected chi connectivity index (χ3v) is 4.00. The highest BCUT2D eigenvalue weighted by Gasteiger charge is 2.31. The number of amides is 1. The minimum Gasteiger partial charge on any atom is -0.504 e. The monoisotopic (exact) mass is 300 g/mol. The first kappa shape index (κ1) is 14.6. The molecule has 1 aromatic heterocycles. The first-order valence-corrected chi connectivity index (χ1v) is 7.50. The van der Waals surface area contributed by atoms with Crippen LogP contribution in [-0.2, 0) is 0 Å². The van der Waals surface area contributed by atoms with Crippen LogP contribution >= 0.6 is 0 Å². The molecule has 0 spiro atoms. The van der Waals surface area contributed by atoms with Crippen molar-refractivity contribution in [3.05, 3.63) is 42.2 Å². The van der Waals surface area contributed by atoms with Gasteiger partial charge in [-0.3, -0.25) is 4.79 Å². The quantitative estimate of drug-likeness (QED) is 0.895. The van der Waals surface area contributed by atoms with E-state index in [1.54, 1.807) is 4.90 Å². The molecule has 0 unspecified atom stereocenters. The highest BCUT2D eigenvalue weighted by atomic mass is 16.3. The van der Waals surface area contributed by atoms with Crippen LogP contribution in [0, 0.1) is 0 Å². The van der Waals surface area contributed by atoms with E-state index in [4.69, 9.17) is 0 Å². The standard InChI is InChI=1S/C16H20N4O2/c1-17-10-13-8-5-9-19(13)16(22)15-14(21)11-20(18-15)12-6-3-2-4-7-12/h2-4,6-7,11,13,17,21H,5,8-10H2,1H3/t13-/m0/s1. The van der Waals surface area contributed by atoms with Crippen LogP contribution in [0.5, 0.6) is 5.75 Å². The summed E-state index contributed by atoms with van der Waals surface area (Å²) in [4.78, 5) is 14.5. The zero-order valence-electron chi connectivity index (χ0n) is 12.6. The van der Waals surface area contributed by atoms with E-state index in [1.807, 2.05) is 37.4 Å². The summed E-state index contributed by atoms with van der Waals surface area (Å²) >= 11 is 0. The molecule has 116 valence electrons. The predicted molar refractivity (Wildman–Crippen MR) is 83.2 cm³/mol. The lowest BCUT2D eigenvalue weighted by Crippen LogP contribution is -2.41. The molecule has 1 saturated heterocycles. The number of para-hydroxylation sites is 1. The smallest absolute Gasteiger partial charge is 0.278 e. The number of carbonyl (C=O) groups excluding carboxylic acids is 1. The van der Waals surface area contributed by atoms with Gasteiger partial charge < -0.3 is 15.3 Å². The summed E-state index contributed by atoms with van der Waals surface area (Å²) in [5.41, 5.74) is 0.928. The van der Waals surface area contributed by atoms with Crippen LogP contribution in [0.2, 0.25) is 0 Å². The summed E-state index contributed by atoms with van der Waals surface area (Å²) in [7, 11) is 1.88. The van der Waals surface area contributed by atoms with Crippen molar-refractivity contribution in [3.8, 4) is 11.4 Å². The summed E-state index contributed by atoms with van der Waals surface area (Å²) in [6, 6.07) is 9.60. The van der Waals surface area contributed by atoms with E-state index in [2.05, 4.69) is 10.4 Å². The minimum atomic E-state index is -0.204. The lowest BCUT2D eigenvalue weighted by molar-refractivity contribution is 0.0727. The Bertz CT molecular complexity index is 653. The Morgan fingerprint density at radius 1 is 1.41 bits per heavy atom. The number of aromatic hydroxyl groups is 1. The molecule has 22 heavy (non-hydrogen) atoms. The number of benzene rings is 1. The van der Waals surface area contributed by atoms with Gasteiger partial charge in [-0.15, -0.1) is 0 Å². The molecule has 2 N–H and O–H groups in total. The van der Waals surface area contributed by atoms with Crippen LogP contribution in [-0.4, -0.2) is 51.9 Å². The molecule has 1 amide bonds. The first-order chi connectivity index (χ1) is 10.7. The fraction of sp³-hybridized carbons (Fsp3) is 0.375. The number of nitrogens with zero attached hydrogens (tertiary/aromatic N) is 3. The van der Waals surface area contributed by atoms with Crippen LogP contribution in [0.3, 0.4) is 0 Å². The summed E-state index contributed by atoms with van der Waals surface area (Å²) in [5.74, 6) is -0.283. The maximum Gasteiger partial charge on any atom is 0.278 e. The molecule has 1 atom stereocenters. The molecular formula is C16H20N4O2. The largest absolute Gasteiger partial charge is 0.504 e. The predicted octanol–water partition coefficient (Wildman–Crippen LogP) is 1.40. The van der Waals surface area contributed by atoms with Gasteiger partial charge in [0.1, 0.15) is 0 Å². The van der Waals surface area contributed by atoms with E-state index >= 15 is 0 Å². The average Bonchev–Trinajstić information content (AvgIpc) is 3.15. The molecule has 3 rings (SSSR count). The Kier molecular flexibility index (Phi) is 4.11. The topological polar surface area (TPSA) is 70.4 Å². The third-order valence-electron chi connectivity index (χ3n) is 4.00. The van der Waals surface area contributed by atoms with Gasteiger partial charge in [-0.1, -0.05) is 18.2 Å². The summed E-state index contributed by atoms with van der Waals surface area (Å²) in [6.07, 6.45) is 3.44. The Hall–Kier alpha value is -2.34. The van der Waals surface area contributed by atoms with Gasteiger partial charge in [0.05, 0.1) is 11.9 Å². The number of nitrogens with one attached hydrogen (secondary N) is 1. The lowest BCUT2D eigenvalue weighted by Gasteiger charge is -2.23. The number of aromatic nitrogens is 2. The second kappa shape index (κ2) is 6.19. The van der Waals surface area contributed by atoms with E-state index in [0.29, 0.717) is 6.54 Å². The van der Waals surface area contributed by atoms with Gasteiger partial charge in [0.15, 0.2) is 11.4 Å². The molecule has 2 aromatic rings. The molecule has 0 bridgehead atoms. The number of hydrogen-bond acceptors (Lipinski definition) is 4. The SMILES string of the molecule is CNC[C@@H]1CCCN1C(=O)c1nn(-c2ccccc2)cc1O. The first-order valence-electron chi connectivity index (χ1n) is 7.50. The van der Waals surface area contributed by atoms with E-state index in [1.165, 1.54) is 10.9 Å². The van der Waals surface area contributed by atoms with Gasteiger partial charge in [0, 0.05) is 19.1 Å². The number of rotatable bonds is 4. The molecule has 0 saturated carbocycles. The van der Waals surface area contributed by atoms with Crippen molar-refractivity contribution in [2.24, 2.45) is 0 Å². The summed E-state index contributed by atoms with van der Waals surface area (Å²) < 4.78 is 1.53. The Balaban J connectivity index is 1.86. The maximum absolute atomic E-state index is 12.7. The van der Waals surface area contributed by atoms with E-state index < -0.39 is 0 Å². The molecule has 0 aliphatic carbocycles.